The highest BCUT2D eigenvalue weighted by Crippen LogP contribution is 2.29. The molecule has 7 heteroatoms. The van der Waals surface area contributed by atoms with Crippen molar-refractivity contribution < 1.29 is 0 Å². The number of aromatic nitrogens is 2. The van der Waals surface area contributed by atoms with Crippen molar-refractivity contribution in [3.8, 4) is 0 Å². The molecule has 0 radical (unpaired) electrons. The molecule has 0 atom stereocenters. The second-order valence-corrected chi connectivity index (χ2v) is 8.07. The molecule has 0 saturated heterocycles. The first kappa shape index (κ1) is 16.9. The molecule has 2 aromatic heterocycles. The number of aliphatic imine (C=N–C) groups is 1. The topological polar surface area (TPSA) is 62.2 Å². The van der Waals surface area contributed by atoms with Gasteiger partial charge >= 0.3 is 0 Å². The summed E-state index contributed by atoms with van der Waals surface area (Å²) in [5.41, 5.74) is 2.86. The molecule has 28 heavy (non-hydrogen) atoms. The summed E-state index contributed by atoms with van der Waals surface area (Å²) >= 11 is 3.15. The van der Waals surface area contributed by atoms with E-state index >= 15 is 0 Å². The van der Waals surface area contributed by atoms with Crippen LogP contribution in [0.15, 0.2) is 83.9 Å². The van der Waals surface area contributed by atoms with Crippen LogP contribution in [0.25, 0.3) is 20.4 Å². The molecule has 0 amide bonds. The fourth-order valence-electron chi connectivity index (χ4n) is 2.78. The molecular formula is C21H15N5S2. The van der Waals surface area contributed by atoms with E-state index in [0.717, 1.165) is 31.3 Å². The van der Waals surface area contributed by atoms with E-state index in [-0.39, 0.29) is 0 Å². The van der Waals surface area contributed by atoms with E-state index in [1.54, 1.807) is 22.7 Å². The van der Waals surface area contributed by atoms with Crippen molar-refractivity contribution in [3.63, 3.8) is 0 Å². The molecule has 0 bridgehead atoms. The molecule has 2 heterocycles. The van der Waals surface area contributed by atoms with E-state index in [9.17, 15) is 0 Å². The van der Waals surface area contributed by atoms with Crippen LogP contribution in [0.1, 0.15) is 0 Å². The number of anilines is 2. The number of benzene rings is 3. The average molecular weight is 402 g/mol. The van der Waals surface area contributed by atoms with Crippen molar-refractivity contribution in [2.24, 2.45) is 4.99 Å². The minimum absolute atomic E-state index is 0.587. The van der Waals surface area contributed by atoms with E-state index in [1.807, 2.05) is 66.7 Å². The Kier molecular flexibility index (Phi) is 4.44. The maximum Gasteiger partial charge on any atom is 0.213 e. The first-order valence-corrected chi connectivity index (χ1v) is 10.4. The highest BCUT2D eigenvalue weighted by Gasteiger charge is 2.09. The number of hydrogen-bond donors (Lipinski definition) is 2. The van der Waals surface area contributed by atoms with Crippen molar-refractivity contribution in [2.45, 2.75) is 0 Å². The van der Waals surface area contributed by atoms with Gasteiger partial charge in [0.2, 0.25) is 11.1 Å². The maximum atomic E-state index is 4.73. The molecule has 136 valence electrons. The first-order chi connectivity index (χ1) is 13.8. The van der Waals surface area contributed by atoms with Crippen LogP contribution in [0.5, 0.6) is 0 Å². The van der Waals surface area contributed by atoms with Gasteiger partial charge in [-0.3, -0.25) is 0 Å². The molecule has 5 aromatic rings. The predicted molar refractivity (Wildman–Crippen MR) is 120 cm³/mol. The van der Waals surface area contributed by atoms with Crippen LogP contribution in [0.3, 0.4) is 0 Å². The van der Waals surface area contributed by atoms with Gasteiger partial charge in [-0.1, -0.05) is 65.1 Å². The SMILES string of the molecule is c1ccc(N/C(=N/c2nc3ccccc3s2)Nc2nc3ccccc3s2)cc1. The van der Waals surface area contributed by atoms with E-state index in [1.165, 1.54) is 0 Å². The number of para-hydroxylation sites is 3. The molecule has 0 unspecified atom stereocenters. The molecular weight excluding hydrogens is 386 g/mol. The molecule has 0 aliphatic carbocycles. The summed E-state index contributed by atoms with van der Waals surface area (Å²) in [6, 6.07) is 26.1. The summed E-state index contributed by atoms with van der Waals surface area (Å²) in [6.45, 7) is 0. The third kappa shape index (κ3) is 3.58. The van der Waals surface area contributed by atoms with Crippen LogP contribution in [0.2, 0.25) is 0 Å². The van der Waals surface area contributed by atoms with Crippen LogP contribution in [0.4, 0.5) is 16.0 Å². The monoisotopic (exact) mass is 401 g/mol. The Morgan fingerprint density at radius 3 is 2.04 bits per heavy atom. The quantitative estimate of drug-likeness (QED) is 0.282. The van der Waals surface area contributed by atoms with Gasteiger partial charge in [0, 0.05) is 5.69 Å². The van der Waals surface area contributed by atoms with Crippen molar-refractivity contribution in [2.75, 3.05) is 10.6 Å². The predicted octanol–water partition coefficient (Wildman–Crippen LogP) is 6.12. The lowest BCUT2D eigenvalue weighted by Gasteiger charge is -2.09. The third-order valence-electron chi connectivity index (χ3n) is 4.05. The molecule has 0 aliphatic rings. The van der Waals surface area contributed by atoms with Gasteiger partial charge in [-0.05, 0) is 36.4 Å². The first-order valence-electron chi connectivity index (χ1n) is 8.72. The molecule has 5 nitrogen and oxygen atoms in total. The van der Waals surface area contributed by atoms with E-state index in [0.29, 0.717) is 11.1 Å². The molecule has 0 fully saturated rings. The Hall–Kier alpha value is -3.29. The van der Waals surface area contributed by atoms with Crippen molar-refractivity contribution in [1.82, 2.24) is 9.97 Å². The smallest absolute Gasteiger partial charge is 0.213 e. The lowest BCUT2D eigenvalue weighted by Crippen LogP contribution is -2.21. The van der Waals surface area contributed by atoms with Crippen LogP contribution in [-0.2, 0) is 0 Å². The fraction of sp³-hybridized carbons (Fsp3) is 0. The summed E-state index contributed by atoms with van der Waals surface area (Å²) in [5.74, 6) is 0.587. The third-order valence-corrected chi connectivity index (χ3v) is 5.93. The van der Waals surface area contributed by atoms with Crippen molar-refractivity contribution >= 4 is 65.0 Å². The number of thiazole rings is 2. The maximum absolute atomic E-state index is 4.73. The average Bonchev–Trinajstić information content (AvgIpc) is 3.31. The minimum Gasteiger partial charge on any atom is -0.326 e. The van der Waals surface area contributed by atoms with Crippen LogP contribution in [-0.4, -0.2) is 15.9 Å². The highest BCUT2D eigenvalue weighted by atomic mass is 32.1. The van der Waals surface area contributed by atoms with Crippen LogP contribution < -0.4 is 10.6 Å². The molecule has 0 aliphatic heterocycles. The Morgan fingerprint density at radius 1 is 0.679 bits per heavy atom. The van der Waals surface area contributed by atoms with Gasteiger partial charge in [0.05, 0.1) is 20.4 Å². The number of fused-ring (bicyclic) bond motifs is 2. The van der Waals surface area contributed by atoms with Crippen LogP contribution >= 0.6 is 22.7 Å². The summed E-state index contributed by atoms with van der Waals surface area (Å²) in [5, 5.41) is 8.13. The van der Waals surface area contributed by atoms with Gasteiger partial charge < -0.3 is 10.6 Å². The number of rotatable bonds is 3. The van der Waals surface area contributed by atoms with Crippen molar-refractivity contribution in [3.05, 3.63) is 78.9 Å². The number of nitrogens with one attached hydrogen (secondary N) is 2. The van der Waals surface area contributed by atoms with Gasteiger partial charge in [0.1, 0.15) is 0 Å². The molecule has 3 aromatic carbocycles. The molecule has 5 rings (SSSR count). The van der Waals surface area contributed by atoms with Gasteiger partial charge in [-0.25, -0.2) is 9.97 Å². The zero-order chi connectivity index (χ0) is 18.8. The van der Waals surface area contributed by atoms with Gasteiger partial charge in [0.25, 0.3) is 0 Å². The van der Waals surface area contributed by atoms with Gasteiger partial charge in [-0.15, -0.1) is 0 Å². The van der Waals surface area contributed by atoms with Gasteiger partial charge in [-0.2, -0.15) is 4.99 Å². The molecule has 0 spiro atoms. The lowest BCUT2D eigenvalue weighted by molar-refractivity contribution is 1.37. The van der Waals surface area contributed by atoms with E-state index < -0.39 is 0 Å². The zero-order valence-corrected chi connectivity index (χ0v) is 16.3. The second-order valence-electron chi connectivity index (χ2n) is 6.03. The summed E-state index contributed by atoms with van der Waals surface area (Å²) in [4.78, 5) is 14.0. The Bertz CT molecular complexity index is 1210. The second kappa shape index (κ2) is 7.38. The Morgan fingerprint density at radius 2 is 1.32 bits per heavy atom. The summed E-state index contributed by atoms with van der Waals surface area (Å²) < 4.78 is 2.24. The van der Waals surface area contributed by atoms with E-state index in [4.69, 9.17) is 4.99 Å². The standard InChI is InChI=1S/C21H15N5S2/c1-2-8-14(9-3-1)22-19(25-20-23-15-10-4-6-12-17(15)27-20)26-21-24-16-11-5-7-13-18(16)28-21/h1-13H,(H2,22,23,24,25,26). The zero-order valence-electron chi connectivity index (χ0n) is 14.7. The van der Waals surface area contributed by atoms with Gasteiger partial charge in [0.15, 0.2) is 5.13 Å². The lowest BCUT2D eigenvalue weighted by atomic mass is 10.3. The minimum atomic E-state index is 0.587. The summed E-state index contributed by atoms with van der Waals surface area (Å²) in [7, 11) is 0. The number of guanidine groups is 1. The Labute approximate surface area is 169 Å². The van der Waals surface area contributed by atoms with Crippen LogP contribution in [0, 0.1) is 0 Å². The largest absolute Gasteiger partial charge is 0.326 e. The number of hydrogen-bond acceptors (Lipinski definition) is 5. The molecule has 2 N–H and O–H groups in total. The van der Waals surface area contributed by atoms with Crippen molar-refractivity contribution in [1.29, 1.82) is 0 Å². The number of nitrogens with zero attached hydrogens (tertiary/aromatic N) is 3. The Balaban J connectivity index is 1.51. The normalized spacial score (nSPS) is 11.8. The molecule has 0 saturated carbocycles. The summed E-state index contributed by atoms with van der Waals surface area (Å²) in [6.07, 6.45) is 0. The highest BCUT2D eigenvalue weighted by molar-refractivity contribution is 7.22. The fourth-order valence-corrected chi connectivity index (χ4v) is 4.48. The van der Waals surface area contributed by atoms with E-state index in [2.05, 4.69) is 32.7 Å².